The van der Waals surface area contributed by atoms with Crippen molar-refractivity contribution >= 4 is 11.9 Å². The number of hydrogen-bond donors (Lipinski definition) is 0. The highest BCUT2D eigenvalue weighted by Gasteiger charge is 2.25. The van der Waals surface area contributed by atoms with E-state index in [4.69, 9.17) is 9.47 Å². The topological polar surface area (TPSA) is 52.6 Å². The summed E-state index contributed by atoms with van der Waals surface area (Å²) in [5.74, 6) is -1.18. The molecule has 21 heavy (non-hydrogen) atoms. The predicted octanol–water partition coefficient (Wildman–Crippen LogP) is 3.49. The van der Waals surface area contributed by atoms with E-state index in [2.05, 4.69) is 0 Å². The van der Waals surface area contributed by atoms with Crippen molar-refractivity contribution in [2.24, 2.45) is 5.92 Å². The smallest absolute Gasteiger partial charge is 0.309 e. The van der Waals surface area contributed by atoms with E-state index >= 15 is 0 Å². The van der Waals surface area contributed by atoms with Crippen LogP contribution in [0.4, 0.5) is 0 Å². The Morgan fingerprint density at radius 3 is 2.29 bits per heavy atom. The third kappa shape index (κ3) is 6.93. The zero-order valence-electron chi connectivity index (χ0n) is 13.2. The van der Waals surface area contributed by atoms with E-state index < -0.39 is 11.5 Å². The largest absolute Gasteiger partial charge is 0.461 e. The lowest BCUT2D eigenvalue weighted by Gasteiger charge is -2.21. The highest BCUT2D eigenvalue weighted by atomic mass is 16.6. The maximum Gasteiger partial charge on any atom is 0.309 e. The molecule has 4 heteroatoms. The molecule has 0 bridgehead atoms. The van der Waals surface area contributed by atoms with E-state index in [1.165, 1.54) is 0 Å². The molecule has 1 aromatic carbocycles. The van der Waals surface area contributed by atoms with Gasteiger partial charge in [0, 0.05) is 0 Å². The van der Waals surface area contributed by atoms with Gasteiger partial charge in [0.25, 0.3) is 0 Å². The highest BCUT2D eigenvalue weighted by molar-refractivity contribution is 5.80. The van der Waals surface area contributed by atoms with Gasteiger partial charge in [0.15, 0.2) is 0 Å². The van der Waals surface area contributed by atoms with Crippen molar-refractivity contribution in [3.63, 3.8) is 0 Å². The Kier molecular flexibility index (Phi) is 6.40. The number of ether oxygens (including phenoxy) is 2. The van der Waals surface area contributed by atoms with E-state index in [0.29, 0.717) is 6.42 Å². The lowest BCUT2D eigenvalue weighted by atomic mass is 10.0. The SMILES string of the molecule is CCC(CC(=O)OC(C)(C)C)C(=O)OCc1ccccc1. The van der Waals surface area contributed by atoms with Crippen LogP contribution in [0.15, 0.2) is 30.3 Å². The molecule has 4 nitrogen and oxygen atoms in total. The van der Waals surface area contributed by atoms with Gasteiger partial charge in [-0.3, -0.25) is 9.59 Å². The Labute approximate surface area is 126 Å². The van der Waals surface area contributed by atoms with Crippen molar-refractivity contribution in [1.29, 1.82) is 0 Å². The molecule has 0 spiro atoms. The maximum absolute atomic E-state index is 12.0. The number of benzene rings is 1. The van der Waals surface area contributed by atoms with Crippen LogP contribution in [0, 0.1) is 5.92 Å². The molecule has 0 saturated carbocycles. The fourth-order valence-electron chi connectivity index (χ4n) is 1.83. The first-order valence-electron chi connectivity index (χ1n) is 7.24. The zero-order valence-corrected chi connectivity index (χ0v) is 13.2. The van der Waals surface area contributed by atoms with Gasteiger partial charge in [-0.15, -0.1) is 0 Å². The first-order chi connectivity index (χ1) is 9.81. The molecule has 0 radical (unpaired) electrons. The van der Waals surface area contributed by atoms with Gasteiger partial charge in [-0.1, -0.05) is 37.3 Å². The van der Waals surface area contributed by atoms with E-state index in [-0.39, 0.29) is 25.0 Å². The van der Waals surface area contributed by atoms with E-state index in [0.717, 1.165) is 5.56 Å². The fourth-order valence-corrected chi connectivity index (χ4v) is 1.83. The molecule has 1 atom stereocenters. The van der Waals surface area contributed by atoms with E-state index in [9.17, 15) is 9.59 Å². The molecular formula is C17H24O4. The van der Waals surface area contributed by atoms with Crippen LogP contribution >= 0.6 is 0 Å². The number of esters is 2. The summed E-state index contributed by atoms with van der Waals surface area (Å²) in [6.07, 6.45) is 0.605. The predicted molar refractivity (Wildman–Crippen MR) is 80.5 cm³/mol. The van der Waals surface area contributed by atoms with Gasteiger partial charge in [0.1, 0.15) is 12.2 Å². The molecule has 0 heterocycles. The summed E-state index contributed by atoms with van der Waals surface area (Å²) in [6.45, 7) is 7.50. The Hall–Kier alpha value is -1.84. The molecule has 116 valence electrons. The highest BCUT2D eigenvalue weighted by Crippen LogP contribution is 2.16. The van der Waals surface area contributed by atoms with Crippen LogP contribution in [-0.2, 0) is 25.7 Å². The molecule has 0 amide bonds. The summed E-state index contributed by atoms with van der Waals surface area (Å²) in [6, 6.07) is 9.47. The van der Waals surface area contributed by atoms with Gasteiger partial charge >= 0.3 is 11.9 Å². The molecule has 0 aliphatic rings. The molecule has 0 aromatic heterocycles. The molecule has 1 rings (SSSR count). The molecule has 0 aliphatic heterocycles. The Morgan fingerprint density at radius 2 is 1.76 bits per heavy atom. The van der Waals surface area contributed by atoms with Crippen molar-refractivity contribution in [2.75, 3.05) is 0 Å². The summed E-state index contributed by atoms with van der Waals surface area (Å²) >= 11 is 0. The van der Waals surface area contributed by atoms with Crippen molar-refractivity contribution in [1.82, 2.24) is 0 Å². The monoisotopic (exact) mass is 292 g/mol. The lowest BCUT2D eigenvalue weighted by Crippen LogP contribution is -2.27. The van der Waals surface area contributed by atoms with Crippen LogP contribution in [0.3, 0.4) is 0 Å². The summed E-state index contributed by atoms with van der Waals surface area (Å²) in [4.78, 5) is 23.8. The average molecular weight is 292 g/mol. The quantitative estimate of drug-likeness (QED) is 0.753. The van der Waals surface area contributed by atoms with Crippen LogP contribution in [0.1, 0.15) is 46.1 Å². The first kappa shape index (κ1) is 17.2. The van der Waals surface area contributed by atoms with Gasteiger partial charge < -0.3 is 9.47 Å². The Balaban J connectivity index is 2.48. The molecule has 1 unspecified atom stereocenters. The van der Waals surface area contributed by atoms with Crippen LogP contribution in [0.5, 0.6) is 0 Å². The summed E-state index contributed by atoms with van der Waals surface area (Å²) in [5, 5.41) is 0. The van der Waals surface area contributed by atoms with Crippen LogP contribution < -0.4 is 0 Å². The van der Waals surface area contributed by atoms with Crippen LogP contribution in [0.25, 0.3) is 0 Å². The normalized spacial score (nSPS) is 12.6. The molecule has 0 fully saturated rings. The maximum atomic E-state index is 12.0. The standard InChI is InChI=1S/C17H24O4/c1-5-14(11-15(18)21-17(2,3)4)16(19)20-12-13-9-7-6-8-10-13/h6-10,14H,5,11-12H2,1-4H3. The van der Waals surface area contributed by atoms with Crippen molar-refractivity contribution < 1.29 is 19.1 Å². The third-order valence-corrected chi connectivity index (χ3v) is 2.88. The van der Waals surface area contributed by atoms with Crippen molar-refractivity contribution in [3.8, 4) is 0 Å². The third-order valence-electron chi connectivity index (χ3n) is 2.88. The molecule has 0 aliphatic carbocycles. The second-order valence-electron chi connectivity index (χ2n) is 5.99. The Bertz CT molecular complexity index is 459. The van der Waals surface area contributed by atoms with Gasteiger partial charge in [0.05, 0.1) is 12.3 Å². The minimum atomic E-state index is -0.538. The molecule has 0 N–H and O–H groups in total. The summed E-state index contributed by atoms with van der Waals surface area (Å²) in [5.41, 5.74) is 0.390. The van der Waals surface area contributed by atoms with Gasteiger partial charge in [-0.2, -0.15) is 0 Å². The van der Waals surface area contributed by atoms with E-state index in [1.807, 2.05) is 37.3 Å². The van der Waals surface area contributed by atoms with Crippen molar-refractivity contribution in [2.45, 2.75) is 52.7 Å². The minimum absolute atomic E-state index is 0.0569. The fraction of sp³-hybridized carbons (Fsp3) is 0.529. The lowest BCUT2D eigenvalue weighted by molar-refractivity contribution is -0.162. The van der Waals surface area contributed by atoms with Gasteiger partial charge in [-0.25, -0.2) is 0 Å². The van der Waals surface area contributed by atoms with Gasteiger partial charge in [-0.05, 0) is 32.8 Å². The number of carbonyl (C=O) groups is 2. The first-order valence-corrected chi connectivity index (χ1v) is 7.24. The summed E-state index contributed by atoms with van der Waals surface area (Å²) in [7, 11) is 0. The molecule has 1 aromatic rings. The number of carbonyl (C=O) groups excluding carboxylic acids is 2. The average Bonchev–Trinajstić information content (AvgIpc) is 2.41. The second kappa shape index (κ2) is 7.81. The number of rotatable bonds is 6. The second-order valence-corrected chi connectivity index (χ2v) is 5.99. The van der Waals surface area contributed by atoms with Crippen molar-refractivity contribution in [3.05, 3.63) is 35.9 Å². The summed E-state index contributed by atoms with van der Waals surface area (Å²) < 4.78 is 10.5. The number of hydrogen-bond acceptors (Lipinski definition) is 4. The van der Waals surface area contributed by atoms with Crippen LogP contribution in [-0.4, -0.2) is 17.5 Å². The van der Waals surface area contributed by atoms with Crippen LogP contribution in [0.2, 0.25) is 0 Å². The molecule has 0 saturated heterocycles. The zero-order chi connectivity index (χ0) is 15.9. The Morgan fingerprint density at radius 1 is 1.14 bits per heavy atom. The van der Waals surface area contributed by atoms with E-state index in [1.54, 1.807) is 20.8 Å². The van der Waals surface area contributed by atoms with Gasteiger partial charge in [0.2, 0.25) is 0 Å². The minimum Gasteiger partial charge on any atom is -0.461 e. The molecular weight excluding hydrogens is 268 g/mol.